The van der Waals surface area contributed by atoms with Gasteiger partial charge in [-0.3, -0.25) is 9.48 Å². The number of carbonyl (C=O) groups excluding carboxylic acids is 1. The van der Waals surface area contributed by atoms with Crippen LogP contribution in [0, 0.1) is 25.5 Å². The van der Waals surface area contributed by atoms with Crippen molar-refractivity contribution >= 4 is 5.91 Å². The number of amides is 1. The summed E-state index contributed by atoms with van der Waals surface area (Å²) in [5.41, 5.74) is 2.30. The van der Waals surface area contributed by atoms with E-state index in [1.54, 1.807) is 0 Å². The fourth-order valence-corrected chi connectivity index (χ4v) is 3.53. The lowest BCUT2D eigenvalue weighted by molar-refractivity contribution is -0.132. The molecule has 0 N–H and O–H groups in total. The molecular weight excluding hydrogens is 324 g/mol. The smallest absolute Gasteiger partial charge is 0.223 e. The zero-order valence-electron chi connectivity index (χ0n) is 14.6. The number of likely N-dealkylation sites (tertiary alicyclic amines) is 1. The van der Waals surface area contributed by atoms with Gasteiger partial charge < -0.3 is 4.90 Å². The van der Waals surface area contributed by atoms with Gasteiger partial charge in [0.2, 0.25) is 5.91 Å². The number of benzene rings is 1. The Morgan fingerprint density at radius 2 is 2.08 bits per heavy atom. The van der Waals surface area contributed by atoms with Crippen molar-refractivity contribution in [3.05, 3.63) is 52.9 Å². The molecule has 1 aliphatic heterocycles. The molecule has 1 aliphatic rings. The van der Waals surface area contributed by atoms with Crippen LogP contribution in [-0.2, 0) is 17.8 Å². The standard InChI is InChI=1S/C19H23F2N3O/c1-13-10-14(2)24(22-13)12-17-4-3-9-23(17)19(25)8-5-15-11-16(20)6-7-18(15)21/h6-7,10-11,17H,3-5,8-9,12H2,1-2H3/t17-/m1/s1. The first-order valence-corrected chi connectivity index (χ1v) is 8.68. The number of hydrogen-bond acceptors (Lipinski definition) is 2. The number of aromatic nitrogens is 2. The van der Waals surface area contributed by atoms with Gasteiger partial charge in [-0.15, -0.1) is 0 Å². The Labute approximate surface area is 146 Å². The van der Waals surface area contributed by atoms with Crippen molar-refractivity contribution in [1.82, 2.24) is 14.7 Å². The first kappa shape index (κ1) is 17.6. The van der Waals surface area contributed by atoms with Gasteiger partial charge in [0.15, 0.2) is 0 Å². The minimum atomic E-state index is -0.479. The monoisotopic (exact) mass is 347 g/mol. The predicted octanol–water partition coefficient (Wildman–Crippen LogP) is 3.40. The molecule has 4 nitrogen and oxygen atoms in total. The summed E-state index contributed by atoms with van der Waals surface area (Å²) in [6.45, 7) is 5.36. The van der Waals surface area contributed by atoms with Crippen LogP contribution in [0.2, 0.25) is 0 Å². The van der Waals surface area contributed by atoms with Crippen molar-refractivity contribution in [1.29, 1.82) is 0 Å². The molecular formula is C19H23F2N3O. The van der Waals surface area contributed by atoms with E-state index < -0.39 is 11.6 Å². The molecule has 1 amide bonds. The highest BCUT2D eigenvalue weighted by Crippen LogP contribution is 2.22. The van der Waals surface area contributed by atoms with E-state index in [0.717, 1.165) is 36.4 Å². The molecule has 2 aromatic rings. The topological polar surface area (TPSA) is 38.1 Å². The molecule has 1 saturated heterocycles. The predicted molar refractivity (Wildman–Crippen MR) is 91.1 cm³/mol. The minimum absolute atomic E-state index is 0.00677. The van der Waals surface area contributed by atoms with Gasteiger partial charge in [0.25, 0.3) is 0 Å². The molecule has 0 saturated carbocycles. The summed E-state index contributed by atoms with van der Waals surface area (Å²) in [4.78, 5) is 14.5. The first-order chi connectivity index (χ1) is 11.9. The van der Waals surface area contributed by atoms with Gasteiger partial charge in [0.05, 0.1) is 18.3 Å². The van der Waals surface area contributed by atoms with E-state index in [2.05, 4.69) is 5.10 Å². The largest absolute Gasteiger partial charge is 0.338 e. The molecule has 25 heavy (non-hydrogen) atoms. The molecule has 6 heteroatoms. The van der Waals surface area contributed by atoms with Crippen molar-refractivity contribution in [3.8, 4) is 0 Å². The van der Waals surface area contributed by atoms with Crippen molar-refractivity contribution in [3.63, 3.8) is 0 Å². The highest BCUT2D eigenvalue weighted by atomic mass is 19.1. The third-order valence-corrected chi connectivity index (χ3v) is 4.80. The molecule has 3 rings (SSSR count). The van der Waals surface area contributed by atoms with E-state index in [1.807, 2.05) is 29.5 Å². The number of rotatable bonds is 5. The number of nitrogens with zero attached hydrogens (tertiary/aromatic N) is 3. The van der Waals surface area contributed by atoms with Crippen LogP contribution >= 0.6 is 0 Å². The lowest BCUT2D eigenvalue weighted by Gasteiger charge is -2.25. The molecule has 0 spiro atoms. The lowest BCUT2D eigenvalue weighted by atomic mass is 10.1. The minimum Gasteiger partial charge on any atom is -0.338 e. The molecule has 1 atom stereocenters. The average molecular weight is 347 g/mol. The second-order valence-electron chi connectivity index (χ2n) is 6.73. The van der Waals surface area contributed by atoms with Gasteiger partial charge in [-0.1, -0.05) is 0 Å². The van der Waals surface area contributed by atoms with E-state index in [4.69, 9.17) is 0 Å². The van der Waals surface area contributed by atoms with Crippen LogP contribution in [0.3, 0.4) is 0 Å². The van der Waals surface area contributed by atoms with E-state index in [0.29, 0.717) is 13.1 Å². The van der Waals surface area contributed by atoms with E-state index in [1.165, 1.54) is 6.07 Å². The highest BCUT2D eigenvalue weighted by molar-refractivity contribution is 5.77. The molecule has 0 bridgehead atoms. The van der Waals surface area contributed by atoms with Crippen molar-refractivity contribution in [2.45, 2.75) is 52.1 Å². The summed E-state index contributed by atoms with van der Waals surface area (Å²) >= 11 is 0. The zero-order chi connectivity index (χ0) is 18.0. The third kappa shape index (κ3) is 4.06. The second kappa shape index (κ2) is 7.33. The Morgan fingerprint density at radius 3 is 2.80 bits per heavy atom. The normalized spacial score (nSPS) is 17.3. The number of halogens is 2. The van der Waals surface area contributed by atoms with Crippen LogP contribution < -0.4 is 0 Å². The van der Waals surface area contributed by atoms with Crippen molar-refractivity contribution in [2.75, 3.05) is 6.54 Å². The van der Waals surface area contributed by atoms with Crippen molar-refractivity contribution in [2.24, 2.45) is 0 Å². The fourth-order valence-electron chi connectivity index (χ4n) is 3.53. The summed E-state index contributed by atoms with van der Waals surface area (Å²) in [6, 6.07) is 5.50. The zero-order valence-corrected chi connectivity index (χ0v) is 14.6. The van der Waals surface area contributed by atoms with Crippen molar-refractivity contribution < 1.29 is 13.6 Å². The summed E-state index contributed by atoms with van der Waals surface area (Å²) in [7, 11) is 0. The van der Waals surface area contributed by atoms with Crippen LogP contribution in [-0.4, -0.2) is 33.2 Å². The van der Waals surface area contributed by atoms with E-state index in [-0.39, 0.29) is 30.4 Å². The van der Waals surface area contributed by atoms with Gasteiger partial charge in [0, 0.05) is 18.7 Å². The Kier molecular flexibility index (Phi) is 5.16. The second-order valence-corrected chi connectivity index (χ2v) is 6.73. The summed E-state index contributed by atoms with van der Waals surface area (Å²) < 4.78 is 28.9. The molecule has 0 unspecified atom stereocenters. The van der Waals surface area contributed by atoms with Gasteiger partial charge in [-0.2, -0.15) is 5.10 Å². The van der Waals surface area contributed by atoms with Gasteiger partial charge in [-0.25, -0.2) is 8.78 Å². The summed E-state index contributed by atoms with van der Waals surface area (Å²) in [5.74, 6) is -0.949. The first-order valence-electron chi connectivity index (χ1n) is 8.68. The van der Waals surface area contributed by atoms with E-state index >= 15 is 0 Å². The molecule has 1 fully saturated rings. The number of hydrogen-bond donors (Lipinski definition) is 0. The maximum Gasteiger partial charge on any atom is 0.223 e. The summed E-state index contributed by atoms with van der Waals surface area (Å²) in [5, 5.41) is 4.47. The molecule has 1 aromatic carbocycles. The van der Waals surface area contributed by atoms with Crippen LogP contribution in [0.4, 0.5) is 8.78 Å². The highest BCUT2D eigenvalue weighted by Gasteiger charge is 2.29. The quantitative estimate of drug-likeness (QED) is 0.831. The summed E-state index contributed by atoms with van der Waals surface area (Å²) in [6.07, 6.45) is 2.31. The van der Waals surface area contributed by atoms with E-state index in [9.17, 15) is 13.6 Å². The molecule has 0 aliphatic carbocycles. The van der Waals surface area contributed by atoms with Crippen LogP contribution in [0.1, 0.15) is 36.2 Å². The molecule has 0 radical (unpaired) electrons. The fraction of sp³-hybridized carbons (Fsp3) is 0.474. The number of carbonyl (C=O) groups is 1. The molecule has 1 aromatic heterocycles. The third-order valence-electron chi connectivity index (χ3n) is 4.80. The van der Waals surface area contributed by atoms with Gasteiger partial charge in [0.1, 0.15) is 11.6 Å². The Morgan fingerprint density at radius 1 is 1.28 bits per heavy atom. The maximum absolute atomic E-state index is 13.7. The maximum atomic E-state index is 13.7. The van der Waals surface area contributed by atoms with Crippen LogP contribution in [0.5, 0.6) is 0 Å². The Balaban J connectivity index is 1.62. The lowest BCUT2D eigenvalue weighted by Crippen LogP contribution is -2.38. The number of aryl methyl sites for hydroxylation is 3. The Bertz CT molecular complexity index is 772. The average Bonchev–Trinajstić information content (AvgIpc) is 3.15. The molecule has 134 valence electrons. The van der Waals surface area contributed by atoms with Gasteiger partial charge in [-0.05, 0) is 62.9 Å². The molecule has 2 heterocycles. The van der Waals surface area contributed by atoms with Gasteiger partial charge >= 0.3 is 0 Å². The van der Waals surface area contributed by atoms with Crippen LogP contribution in [0.15, 0.2) is 24.3 Å². The SMILES string of the molecule is Cc1cc(C)n(C[C@H]2CCCN2C(=O)CCc2cc(F)ccc2F)n1. The Hall–Kier alpha value is -2.24. The van der Waals surface area contributed by atoms with Crippen LogP contribution in [0.25, 0.3) is 0 Å².